The van der Waals surface area contributed by atoms with Gasteiger partial charge in [0.1, 0.15) is 5.82 Å². The van der Waals surface area contributed by atoms with Crippen LogP contribution >= 0.6 is 0 Å². The zero-order valence-electron chi connectivity index (χ0n) is 12.5. The lowest BCUT2D eigenvalue weighted by Crippen LogP contribution is -2.27. The van der Waals surface area contributed by atoms with Gasteiger partial charge < -0.3 is 9.80 Å². The molecule has 0 bridgehead atoms. The van der Waals surface area contributed by atoms with Crippen LogP contribution in [0.25, 0.3) is 0 Å². The maximum Gasteiger partial charge on any atom is 0.156 e. The van der Waals surface area contributed by atoms with Gasteiger partial charge in [0.2, 0.25) is 0 Å². The smallest absolute Gasteiger partial charge is 0.156 e. The Morgan fingerprint density at radius 2 is 2.00 bits per heavy atom. The number of hydrogen-bond donors (Lipinski definition) is 1. The molecule has 2 aromatic rings. The minimum atomic E-state index is -0.196. The van der Waals surface area contributed by atoms with Gasteiger partial charge >= 0.3 is 0 Å². The largest absolute Gasteiger partial charge is 0.351 e. The molecule has 1 aliphatic heterocycles. The molecule has 4 nitrogen and oxygen atoms in total. The summed E-state index contributed by atoms with van der Waals surface area (Å²) in [6.07, 6.45) is 6.66. The number of aromatic nitrogens is 2. The molecule has 22 heavy (non-hydrogen) atoms. The first-order chi connectivity index (χ1) is 10.7. The number of benzene rings is 1. The van der Waals surface area contributed by atoms with Crippen LogP contribution in [-0.4, -0.2) is 21.8 Å². The lowest BCUT2D eigenvalue weighted by atomic mass is 10.1. The van der Waals surface area contributed by atoms with Crippen LogP contribution in [0.1, 0.15) is 43.0 Å². The van der Waals surface area contributed by atoms with Crippen molar-refractivity contribution in [3.8, 4) is 0 Å². The second-order valence-corrected chi connectivity index (χ2v) is 6.11. The van der Waals surface area contributed by atoms with E-state index in [0.717, 1.165) is 18.1 Å². The van der Waals surface area contributed by atoms with Crippen molar-refractivity contribution in [2.24, 2.45) is 0 Å². The molecular formula is C17H19FN4. The van der Waals surface area contributed by atoms with Gasteiger partial charge in [-0.1, -0.05) is 12.1 Å². The summed E-state index contributed by atoms with van der Waals surface area (Å²) in [6, 6.07) is 9.06. The van der Waals surface area contributed by atoms with Crippen molar-refractivity contribution >= 4 is 5.82 Å². The second kappa shape index (κ2) is 5.16. The molecule has 1 atom stereocenters. The molecule has 5 heteroatoms. The van der Waals surface area contributed by atoms with Gasteiger partial charge in [-0.3, -0.25) is 5.10 Å². The number of halogens is 1. The van der Waals surface area contributed by atoms with Crippen molar-refractivity contribution in [3.05, 3.63) is 59.8 Å². The van der Waals surface area contributed by atoms with Gasteiger partial charge in [-0.25, -0.2) is 4.39 Å². The average Bonchev–Trinajstić information content (AvgIpc) is 3.07. The van der Waals surface area contributed by atoms with E-state index < -0.39 is 0 Å². The van der Waals surface area contributed by atoms with E-state index >= 15 is 0 Å². The Bertz CT molecular complexity index is 687. The molecule has 4 rings (SSSR count). The van der Waals surface area contributed by atoms with E-state index in [0.29, 0.717) is 5.92 Å². The summed E-state index contributed by atoms with van der Waals surface area (Å²) < 4.78 is 13.0. The number of anilines is 1. The van der Waals surface area contributed by atoms with Gasteiger partial charge in [-0.15, -0.1) is 0 Å². The first kappa shape index (κ1) is 13.4. The van der Waals surface area contributed by atoms with Crippen LogP contribution in [0.2, 0.25) is 0 Å². The van der Waals surface area contributed by atoms with Gasteiger partial charge in [0.15, 0.2) is 5.82 Å². The fraction of sp³-hybridized carbons (Fsp3) is 0.353. The van der Waals surface area contributed by atoms with E-state index in [1.54, 1.807) is 0 Å². The minimum absolute atomic E-state index is 0.196. The highest BCUT2D eigenvalue weighted by molar-refractivity contribution is 5.45. The van der Waals surface area contributed by atoms with E-state index in [9.17, 15) is 4.39 Å². The summed E-state index contributed by atoms with van der Waals surface area (Å²) in [5.74, 6) is 1.45. The van der Waals surface area contributed by atoms with Crippen molar-refractivity contribution < 1.29 is 4.39 Å². The number of nitrogens with zero attached hydrogens (tertiary/aromatic N) is 3. The Hall–Kier alpha value is -2.30. The Morgan fingerprint density at radius 1 is 1.23 bits per heavy atom. The van der Waals surface area contributed by atoms with Crippen molar-refractivity contribution in [1.29, 1.82) is 0 Å². The molecule has 1 aromatic carbocycles. The molecule has 114 valence electrons. The van der Waals surface area contributed by atoms with Crippen LogP contribution in [0, 0.1) is 5.82 Å². The van der Waals surface area contributed by atoms with Crippen LogP contribution in [0.5, 0.6) is 0 Å². The molecule has 0 spiro atoms. The van der Waals surface area contributed by atoms with Crippen molar-refractivity contribution in [3.63, 3.8) is 0 Å². The van der Waals surface area contributed by atoms with E-state index in [1.165, 1.54) is 30.7 Å². The normalized spacial score (nSPS) is 19.0. The first-order valence-electron chi connectivity index (χ1n) is 7.72. The Balaban J connectivity index is 1.45. The van der Waals surface area contributed by atoms with E-state index in [1.807, 2.05) is 18.3 Å². The SMILES string of the molecule is C[C@@H](c1ccc(F)cc1)N1C=CN(c2cc(C3CC3)[nH]n2)C1. The summed E-state index contributed by atoms with van der Waals surface area (Å²) in [5, 5.41) is 7.55. The highest BCUT2D eigenvalue weighted by atomic mass is 19.1. The molecule has 0 unspecified atom stereocenters. The number of aromatic amines is 1. The van der Waals surface area contributed by atoms with E-state index in [-0.39, 0.29) is 11.9 Å². The number of hydrogen-bond acceptors (Lipinski definition) is 3. The van der Waals surface area contributed by atoms with Crippen molar-refractivity contribution in [2.75, 3.05) is 11.6 Å². The Kier molecular flexibility index (Phi) is 3.13. The topological polar surface area (TPSA) is 35.2 Å². The lowest BCUT2D eigenvalue weighted by molar-refractivity contribution is 0.322. The van der Waals surface area contributed by atoms with Crippen molar-refractivity contribution in [1.82, 2.24) is 15.1 Å². The number of rotatable bonds is 4. The summed E-state index contributed by atoms with van der Waals surface area (Å²) in [6.45, 7) is 2.88. The average molecular weight is 298 g/mol. The molecule has 1 saturated carbocycles. The fourth-order valence-corrected chi connectivity index (χ4v) is 2.85. The lowest BCUT2D eigenvalue weighted by Gasteiger charge is -2.26. The van der Waals surface area contributed by atoms with E-state index in [4.69, 9.17) is 0 Å². The van der Waals surface area contributed by atoms with Gasteiger partial charge in [-0.2, -0.15) is 5.10 Å². The molecular weight excluding hydrogens is 279 g/mol. The van der Waals surface area contributed by atoms with Gasteiger partial charge in [0.25, 0.3) is 0 Å². The zero-order valence-corrected chi connectivity index (χ0v) is 12.5. The summed E-state index contributed by atoms with van der Waals surface area (Å²) in [7, 11) is 0. The van der Waals surface area contributed by atoms with Crippen LogP contribution in [0.3, 0.4) is 0 Å². The quantitative estimate of drug-likeness (QED) is 0.934. The molecule has 0 radical (unpaired) electrons. The Labute approximate surface area is 129 Å². The number of H-pyrrole nitrogens is 1. The third-order valence-corrected chi connectivity index (χ3v) is 4.50. The molecule has 1 N–H and O–H groups in total. The molecule has 1 aromatic heterocycles. The fourth-order valence-electron chi connectivity index (χ4n) is 2.85. The van der Waals surface area contributed by atoms with Gasteiger partial charge in [-0.05, 0) is 37.5 Å². The predicted octanol–water partition coefficient (Wildman–Crippen LogP) is 3.74. The standard InChI is InChI=1S/C17H19FN4/c1-12(13-4-6-15(18)7-5-13)21-8-9-22(11-21)17-10-16(19-20-17)14-2-3-14/h4-10,12,14H,2-3,11H2,1H3,(H,19,20)/t12-/m0/s1. The van der Waals surface area contributed by atoms with Gasteiger partial charge in [0.05, 0.1) is 12.7 Å². The van der Waals surface area contributed by atoms with Crippen molar-refractivity contribution in [2.45, 2.75) is 31.7 Å². The van der Waals surface area contributed by atoms with Crippen LogP contribution in [0.15, 0.2) is 42.7 Å². The first-order valence-corrected chi connectivity index (χ1v) is 7.72. The second-order valence-electron chi connectivity index (χ2n) is 6.11. The summed E-state index contributed by atoms with van der Waals surface area (Å²) in [4.78, 5) is 4.35. The maximum atomic E-state index is 13.0. The monoisotopic (exact) mass is 298 g/mol. The van der Waals surface area contributed by atoms with Crippen LogP contribution < -0.4 is 4.90 Å². The summed E-state index contributed by atoms with van der Waals surface area (Å²) in [5.41, 5.74) is 2.35. The molecule has 2 heterocycles. The Morgan fingerprint density at radius 3 is 2.73 bits per heavy atom. The predicted molar refractivity (Wildman–Crippen MR) is 83.7 cm³/mol. The highest BCUT2D eigenvalue weighted by Crippen LogP contribution is 2.40. The van der Waals surface area contributed by atoms with Crippen LogP contribution in [-0.2, 0) is 0 Å². The third kappa shape index (κ3) is 2.47. The van der Waals surface area contributed by atoms with E-state index in [2.05, 4.69) is 39.2 Å². The molecule has 1 aliphatic carbocycles. The maximum absolute atomic E-state index is 13.0. The molecule has 0 saturated heterocycles. The zero-order chi connectivity index (χ0) is 15.1. The molecule has 0 amide bonds. The molecule has 1 fully saturated rings. The van der Waals surface area contributed by atoms with Gasteiger partial charge in [0, 0.05) is 30.1 Å². The molecule has 2 aliphatic rings. The minimum Gasteiger partial charge on any atom is -0.351 e. The summed E-state index contributed by atoms with van der Waals surface area (Å²) >= 11 is 0. The van der Waals surface area contributed by atoms with Crippen LogP contribution in [0.4, 0.5) is 10.2 Å². The number of nitrogens with one attached hydrogen (secondary N) is 1. The highest BCUT2D eigenvalue weighted by Gasteiger charge is 2.27. The third-order valence-electron chi connectivity index (χ3n) is 4.50.